The summed E-state index contributed by atoms with van der Waals surface area (Å²) in [4.78, 5) is 2.50. The van der Waals surface area contributed by atoms with Crippen molar-refractivity contribution in [1.29, 1.82) is 0 Å². The summed E-state index contributed by atoms with van der Waals surface area (Å²) in [6, 6.07) is 80.1. The van der Waals surface area contributed by atoms with E-state index < -0.39 is 0 Å². The summed E-state index contributed by atoms with van der Waals surface area (Å²) >= 11 is 0. The highest BCUT2D eigenvalue weighted by atomic mass is 15.1. The molecule has 0 aliphatic heterocycles. The van der Waals surface area contributed by atoms with Gasteiger partial charge in [0.2, 0.25) is 0 Å². The Morgan fingerprint density at radius 1 is 0.333 bits per heavy atom. The van der Waals surface area contributed by atoms with E-state index in [1.165, 1.54) is 124 Å². The molecule has 1 fully saturated rings. The number of aryl methyl sites for hydroxylation is 1. The molecule has 13 rings (SSSR count). The zero-order chi connectivity index (χ0) is 46.6. The van der Waals surface area contributed by atoms with Crippen molar-refractivity contribution in [3.8, 4) is 66.8 Å². The lowest BCUT2D eigenvalue weighted by Crippen LogP contribution is -2.18. The average Bonchev–Trinajstić information content (AvgIpc) is 4.18. The molecule has 0 amide bonds. The normalized spacial score (nSPS) is 14.8. The molecule has 10 aromatic rings. The molecule has 3 aliphatic carbocycles. The van der Waals surface area contributed by atoms with Gasteiger partial charge in [0, 0.05) is 27.9 Å². The molecule has 1 saturated carbocycles. The molecule has 69 heavy (non-hydrogen) atoms. The van der Waals surface area contributed by atoms with Gasteiger partial charge in [-0.05, 0) is 191 Å². The van der Waals surface area contributed by atoms with E-state index in [1.54, 1.807) is 0 Å². The van der Waals surface area contributed by atoms with E-state index in [0.717, 1.165) is 17.1 Å². The molecule has 3 aliphatic rings. The molecule has 1 nitrogen and oxygen atoms in total. The third-order valence-corrected chi connectivity index (χ3v) is 16.0. The van der Waals surface area contributed by atoms with Crippen molar-refractivity contribution >= 4 is 27.8 Å². The minimum Gasteiger partial charge on any atom is -0.310 e. The molecular formula is C68H55N. The van der Waals surface area contributed by atoms with E-state index in [0.29, 0.717) is 5.92 Å². The second-order valence-electron chi connectivity index (χ2n) is 20.9. The maximum Gasteiger partial charge on any atom is 0.0465 e. The Morgan fingerprint density at radius 2 is 0.797 bits per heavy atom. The van der Waals surface area contributed by atoms with Crippen LogP contribution in [0.15, 0.2) is 212 Å². The van der Waals surface area contributed by atoms with Crippen molar-refractivity contribution in [1.82, 2.24) is 0 Å². The Kier molecular flexibility index (Phi) is 9.40. The fraction of sp³-hybridized carbons (Fsp3) is 0.147. The molecule has 0 atom stereocenters. The number of anilines is 3. The van der Waals surface area contributed by atoms with Crippen LogP contribution in [0.4, 0.5) is 17.1 Å². The molecule has 0 spiro atoms. The van der Waals surface area contributed by atoms with Gasteiger partial charge in [-0.2, -0.15) is 0 Å². The van der Waals surface area contributed by atoms with Gasteiger partial charge in [-0.3, -0.25) is 0 Å². The number of hydrogen-bond acceptors (Lipinski definition) is 1. The Labute approximate surface area is 407 Å². The maximum absolute atomic E-state index is 2.50. The quantitative estimate of drug-likeness (QED) is 0.147. The first-order valence-corrected chi connectivity index (χ1v) is 24.8. The summed E-state index contributed by atoms with van der Waals surface area (Å²) in [5, 5.41) is 2.54. The SMILES string of the molecule is Cc1ccccc1-c1cccc(-c2ccc(N(c3ccc4c(c3)C(C)(C)c3cc(-c5ccccc5)ccc3-4)c3ccc4c(c3)C(C)(C)c3cc(-c5ccc6ccccc6c5)ccc3-4)cc2)c1C1CC1. The Balaban J connectivity index is 0.925. The van der Waals surface area contributed by atoms with Crippen LogP contribution in [0.1, 0.15) is 79.8 Å². The van der Waals surface area contributed by atoms with E-state index in [1.807, 2.05) is 0 Å². The van der Waals surface area contributed by atoms with Crippen molar-refractivity contribution in [3.05, 3.63) is 246 Å². The van der Waals surface area contributed by atoms with E-state index in [4.69, 9.17) is 0 Å². The molecule has 0 radical (unpaired) electrons. The number of benzene rings is 10. The van der Waals surface area contributed by atoms with E-state index in [9.17, 15) is 0 Å². The van der Waals surface area contributed by atoms with E-state index in [-0.39, 0.29) is 10.8 Å². The summed E-state index contributed by atoms with van der Waals surface area (Å²) in [5.74, 6) is 0.595. The van der Waals surface area contributed by atoms with Crippen LogP contribution >= 0.6 is 0 Å². The summed E-state index contributed by atoms with van der Waals surface area (Å²) in [6.07, 6.45) is 2.49. The molecule has 1 heteroatoms. The number of fused-ring (bicyclic) bond motifs is 7. The van der Waals surface area contributed by atoms with Crippen molar-refractivity contribution in [2.24, 2.45) is 0 Å². The molecule has 0 aromatic heterocycles. The van der Waals surface area contributed by atoms with Crippen LogP contribution in [0.2, 0.25) is 0 Å². The predicted molar refractivity (Wildman–Crippen MR) is 292 cm³/mol. The summed E-state index contributed by atoms with van der Waals surface area (Å²) in [6.45, 7) is 11.9. The van der Waals surface area contributed by atoms with Gasteiger partial charge in [-0.15, -0.1) is 0 Å². The lowest BCUT2D eigenvalue weighted by molar-refractivity contribution is 0.660. The van der Waals surface area contributed by atoms with Gasteiger partial charge in [0.15, 0.2) is 0 Å². The highest BCUT2D eigenvalue weighted by Crippen LogP contribution is 2.55. The molecule has 0 N–H and O–H groups in total. The second-order valence-corrected chi connectivity index (χ2v) is 20.9. The Morgan fingerprint density at radius 3 is 1.42 bits per heavy atom. The maximum atomic E-state index is 2.50. The van der Waals surface area contributed by atoms with Crippen molar-refractivity contribution in [2.45, 2.75) is 64.2 Å². The average molecular weight is 886 g/mol. The Hall–Kier alpha value is -7.74. The first kappa shape index (κ1) is 41.4. The number of nitrogens with zero attached hydrogens (tertiary/aromatic N) is 1. The van der Waals surface area contributed by atoms with Crippen molar-refractivity contribution in [3.63, 3.8) is 0 Å². The van der Waals surface area contributed by atoms with Gasteiger partial charge in [-0.1, -0.05) is 185 Å². The van der Waals surface area contributed by atoms with Crippen molar-refractivity contribution in [2.75, 3.05) is 4.90 Å². The molecule has 10 aromatic carbocycles. The lowest BCUT2D eigenvalue weighted by atomic mass is 9.81. The Bertz CT molecular complexity index is 3680. The van der Waals surface area contributed by atoms with Gasteiger partial charge in [0.05, 0.1) is 0 Å². The van der Waals surface area contributed by atoms with Crippen LogP contribution in [0.25, 0.3) is 77.5 Å². The van der Waals surface area contributed by atoms with Crippen LogP contribution in [0.5, 0.6) is 0 Å². The topological polar surface area (TPSA) is 3.24 Å². The highest BCUT2D eigenvalue weighted by Gasteiger charge is 2.39. The van der Waals surface area contributed by atoms with Crippen LogP contribution in [-0.2, 0) is 10.8 Å². The minimum atomic E-state index is -0.206. The summed E-state index contributed by atoms with van der Waals surface area (Å²) in [7, 11) is 0. The summed E-state index contributed by atoms with van der Waals surface area (Å²) in [5.41, 5.74) is 27.0. The lowest BCUT2D eigenvalue weighted by Gasteiger charge is -2.30. The first-order valence-electron chi connectivity index (χ1n) is 24.8. The smallest absolute Gasteiger partial charge is 0.0465 e. The van der Waals surface area contributed by atoms with Crippen LogP contribution in [0.3, 0.4) is 0 Å². The third kappa shape index (κ3) is 6.74. The first-order chi connectivity index (χ1) is 33.6. The standard InChI is InChI=1S/C68H55N/c1-43-14-9-12-19-55(43)61-21-13-20-56(66(61)47-23-24-47)46-26-30-52(31-27-46)69(53-32-36-59-57-34-28-50(44-15-7-6-8-16-44)39-62(57)67(2,3)64(59)41-53)54-33-37-60-58-35-29-51(40-63(58)68(4,5)65(60)42-54)49-25-22-45-17-10-11-18-48(45)38-49/h6-22,25-42,47H,23-24H2,1-5H3. The molecule has 0 bridgehead atoms. The number of rotatable bonds is 8. The molecule has 0 unspecified atom stereocenters. The van der Waals surface area contributed by atoms with Gasteiger partial charge >= 0.3 is 0 Å². The fourth-order valence-electron chi connectivity index (χ4n) is 12.1. The van der Waals surface area contributed by atoms with E-state index >= 15 is 0 Å². The summed E-state index contributed by atoms with van der Waals surface area (Å²) < 4.78 is 0. The zero-order valence-corrected chi connectivity index (χ0v) is 40.1. The van der Waals surface area contributed by atoms with Crippen LogP contribution in [-0.4, -0.2) is 0 Å². The molecule has 0 saturated heterocycles. The molecular weight excluding hydrogens is 831 g/mol. The van der Waals surface area contributed by atoms with Gasteiger partial charge in [0.25, 0.3) is 0 Å². The van der Waals surface area contributed by atoms with Crippen molar-refractivity contribution < 1.29 is 0 Å². The largest absolute Gasteiger partial charge is 0.310 e. The zero-order valence-electron chi connectivity index (χ0n) is 40.1. The monoisotopic (exact) mass is 885 g/mol. The van der Waals surface area contributed by atoms with Gasteiger partial charge in [0.1, 0.15) is 0 Å². The number of hydrogen-bond donors (Lipinski definition) is 0. The van der Waals surface area contributed by atoms with Gasteiger partial charge in [-0.25, -0.2) is 0 Å². The minimum absolute atomic E-state index is 0.188. The molecule has 332 valence electrons. The molecule has 0 heterocycles. The highest BCUT2D eigenvalue weighted by molar-refractivity contribution is 5.92. The second kappa shape index (κ2) is 15.7. The van der Waals surface area contributed by atoms with E-state index in [2.05, 4.69) is 252 Å². The third-order valence-electron chi connectivity index (χ3n) is 16.0. The van der Waals surface area contributed by atoms with Crippen LogP contribution in [0, 0.1) is 6.92 Å². The predicted octanol–water partition coefficient (Wildman–Crippen LogP) is 18.8. The van der Waals surface area contributed by atoms with Crippen LogP contribution < -0.4 is 4.90 Å². The fourth-order valence-corrected chi connectivity index (χ4v) is 12.1. The van der Waals surface area contributed by atoms with Gasteiger partial charge < -0.3 is 4.90 Å².